The zero-order valence-electron chi connectivity index (χ0n) is 17.4. The van der Waals surface area contributed by atoms with Gasteiger partial charge in [-0.05, 0) is 67.4 Å². The van der Waals surface area contributed by atoms with Crippen molar-refractivity contribution in [3.8, 4) is 11.5 Å². The van der Waals surface area contributed by atoms with Crippen molar-refractivity contribution in [2.45, 2.75) is 26.5 Å². The Morgan fingerprint density at radius 3 is 2.31 bits per heavy atom. The first kappa shape index (κ1) is 24.9. The van der Waals surface area contributed by atoms with Crippen LogP contribution in [0.1, 0.15) is 23.6 Å². The molecule has 0 aliphatic heterocycles. The summed E-state index contributed by atoms with van der Waals surface area (Å²) in [5, 5.41) is 5.37. The van der Waals surface area contributed by atoms with Gasteiger partial charge in [-0.3, -0.25) is 0 Å². The topological polar surface area (TPSA) is 30.5 Å². The first-order chi connectivity index (χ1) is 15.4. The van der Waals surface area contributed by atoms with Crippen molar-refractivity contribution in [3.05, 3.63) is 91.1 Å². The zero-order chi connectivity index (χ0) is 23.1. The lowest BCUT2D eigenvalue weighted by Gasteiger charge is -2.16. The molecule has 0 aromatic heterocycles. The molecule has 0 aliphatic carbocycles. The summed E-state index contributed by atoms with van der Waals surface area (Å²) in [5.74, 6) is 0.559. The Bertz CT molecular complexity index is 1080. The summed E-state index contributed by atoms with van der Waals surface area (Å²) < 4.78 is 24.9. The van der Waals surface area contributed by atoms with Crippen LogP contribution in [-0.2, 0) is 19.6 Å². The molecule has 0 aliphatic rings. The minimum atomic E-state index is -0.401. The molecule has 0 atom stereocenters. The van der Waals surface area contributed by atoms with Gasteiger partial charge in [0.25, 0.3) is 0 Å². The van der Waals surface area contributed by atoms with Gasteiger partial charge in [-0.2, -0.15) is 0 Å². The van der Waals surface area contributed by atoms with E-state index in [1.54, 1.807) is 12.1 Å². The summed E-state index contributed by atoms with van der Waals surface area (Å²) in [6.07, 6.45) is 0.766. The normalized spacial score (nSPS) is 10.9. The molecule has 3 aromatic rings. The van der Waals surface area contributed by atoms with Crippen LogP contribution in [-0.4, -0.2) is 13.2 Å². The summed E-state index contributed by atoms with van der Waals surface area (Å²) in [6, 6.07) is 13.4. The van der Waals surface area contributed by atoms with Gasteiger partial charge in [-0.25, -0.2) is 4.39 Å². The van der Waals surface area contributed by atoms with Gasteiger partial charge in [0.05, 0.1) is 16.7 Å². The van der Waals surface area contributed by atoms with Crippen molar-refractivity contribution in [3.63, 3.8) is 0 Å². The molecule has 8 heteroatoms. The molecule has 0 heterocycles. The molecule has 0 saturated carbocycles. The Kier molecular flexibility index (Phi) is 9.33. The van der Waals surface area contributed by atoms with Crippen molar-refractivity contribution in [1.29, 1.82) is 0 Å². The molecule has 0 unspecified atom stereocenters. The molecule has 0 bridgehead atoms. The van der Waals surface area contributed by atoms with E-state index >= 15 is 0 Å². The van der Waals surface area contributed by atoms with Crippen LogP contribution in [0.3, 0.4) is 0 Å². The van der Waals surface area contributed by atoms with E-state index in [0.29, 0.717) is 50.3 Å². The predicted molar refractivity (Wildman–Crippen MR) is 130 cm³/mol. The van der Waals surface area contributed by atoms with Crippen LogP contribution in [0.25, 0.3) is 0 Å². The van der Waals surface area contributed by atoms with Crippen molar-refractivity contribution in [1.82, 2.24) is 5.32 Å². The second-order valence-corrected chi connectivity index (χ2v) is 8.68. The van der Waals surface area contributed by atoms with Gasteiger partial charge in [0.2, 0.25) is 0 Å². The first-order valence-corrected chi connectivity index (χ1v) is 11.5. The number of hydrogen-bond acceptors (Lipinski definition) is 3. The summed E-state index contributed by atoms with van der Waals surface area (Å²) in [4.78, 5) is 0. The molecule has 0 fully saturated rings. The number of halogens is 5. The highest BCUT2D eigenvalue weighted by molar-refractivity contribution is 6.35. The number of ether oxygens (including phenoxy) is 2. The van der Waals surface area contributed by atoms with Crippen LogP contribution < -0.4 is 14.8 Å². The average Bonchev–Trinajstić information content (AvgIpc) is 2.73. The SMILES string of the molecule is CCOc1cc(CNCCc2ccc(Cl)cc2Cl)cc(Cl)c1OCc1ccc(F)cc1Cl. The Morgan fingerprint density at radius 2 is 1.59 bits per heavy atom. The van der Waals surface area contributed by atoms with Crippen LogP contribution in [0.15, 0.2) is 48.5 Å². The highest BCUT2D eigenvalue weighted by Crippen LogP contribution is 2.37. The first-order valence-electron chi connectivity index (χ1n) is 10.0. The van der Waals surface area contributed by atoms with Crippen LogP contribution in [0.5, 0.6) is 11.5 Å². The van der Waals surface area contributed by atoms with Gasteiger partial charge in [0.1, 0.15) is 12.4 Å². The zero-order valence-corrected chi connectivity index (χ0v) is 20.4. The molecule has 1 N–H and O–H groups in total. The quantitative estimate of drug-likeness (QED) is 0.279. The third-order valence-electron chi connectivity index (χ3n) is 4.67. The Labute approximate surface area is 207 Å². The van der Waals surface area contributed by atoms with E-state index in [-0.39, 0.29) is 6.61 Å². The largest absolute Gasteiger partial charge is 0.490 e. The lowest BCUT2D eigenvalue weighted by Crippen LogP contribution is -2.17. The van der Waals surface area contributed by atoms with Gasteiger partial charge >= 0.3 is 0 Å². The van der Waals surface area contributed by atoms with E-state index in [1.807, 2.05) is 31.2 Å². The van der Waals surface area contributed by atoms with E-state index in [1.165, 1.54) is 12.1 Å². The van der Waals surface area contributed by atoms with Crippen molar-refractivity contribution in [2.75, 3.05) is 13.2 Å². The molecule has 0 amide bonds. The van der Waals surface area contributed by atoms with Crippen LogP contribution >= 0.6 is 46.4 Å². The van der Waals surface area contributed by atoms with Crippen LogP contribution in [0.2, 0.25) is 20.1 Å². The molecule has 3 nitrogen and oxygen atoms in total. The second kappa shape index (κ2) is 12.0. The van der Waals surface area contributed by atoms with E-state index in [9.17, 15) is 4.39 Å². The fourth-order valence-electron chi connectivity index (χ4n) is 3.10. The van der Waals surface area contributed by atoms with E-state index in [2.05, 4.69) is 5.32 Å². The molecular weight excluding hydrogens is 495 g/mol. The van der Waals surface area contributed by atoms with Gasteiger partial charge < -0.3 is 14.8 Å². The van der Waals surface area contributed by atoms with Gasteiger partial charge in [0, 0.05) is 22.2 Å². The molecule has 0 saturated heterocycles. The van der Waals surface area contributed by atoms with Crippen molar-refractivity contribution in [2.24, 2.45) is 0 Å². The summed E-state index contributed by atoms with van der Waals surface area (Å²) in [5.41, 5.74) is 2.63. The summed E-state index contributed by atoms with van der Waals surface area (Å²) in [7, 11) is 0. The van der Waals surface area contributed by atoms with E-state index < -0.39 is 5.82 Å². The third kappa shape index (κ3) is 6.90. The van der Waals surface area contributed by atoms with Crippen molar-refractivity contribution < 1.29 is 13.9 Å². The fourth-order valence-corrected chi connectivity index (χ4v) is 4.11. The molecular formula is C24H22Cl4FNO2. The van der Waals surface area contributed by atoms with Crippen LogP contribution in [0.4, 0.5) is 4.39 Å². The standard InChI is InChI=1S/C24H22Cl4FNO2/c1-2-31-23-10-15(13-30-8-7-16-3-5-18(25)11-20(16)26)9-22(28)24(23)32-14-17-4-6-19(29)12-21(17)27/h3-6,9-12,30H,2,7-8,13-14H2,1H3. The van der Waals surface area contributed by atoms with Gasteiger partial charge in [0.15, 0.2) is 11.5 Å². The highest BCUT2D eigenvalue weighted by Gasteiger charge is 2.14. The van der Waals surface area contributed by atoms with E-state index in [4.69, 9.17) is 55.9 Å². The molecule has 170 valence electrons. The number of hydrogen-bond donors (Lipinski definition) is 1. The minimum Gasteiger partial charge on any atom is -0.490 e. The second-order valence-electron chi connectivity index (χ2n) is 7.02. The van der Waals surface area contributed by atoms with Crippen molar-refractivity contribution >= 4 is 46.4 Å². The molecule has 3 rings (SSSR count). The molecule has 0 spiro atoms. The predicted octanol–water partition coefficient (Wildman–Crippen LogP) is 7.75. The smallest absolute Gasteiger partial charge is 0.180 e. The Morgan fingerprint density at radius 1 is 0.844 bits per heavy atom. The lowest BCUT2D eigenvalue weighted by molar-refractivity contribution is 0.269. The maximum atomic E-state index is 13.3. The highest BCUT2D eigenvalue weighted by atomic mass is 35.5. The maximum absolute atomic E-state index is 13.3. The fraction of sp³-hybridized carbons (Fsp3) is 0.250. The molecule has 0 radical (unpaired) electrons. The van der Waals surface area contributed by atoms with Crippen LogP contribution in [0, 0.1) is 5.82 Å². The Hall–Kier alpha value is -1.69. The maximum Gasteiger partial charge on any atom is 0.180 e. The molecule has 3 aromatic carbocycles. The van der Waals surface area contributed by atoms with Gasteiger partial charge in [-0.15, -0.1) is 0 Å². The third-order valence-corrected chi connectivity index (χ3v) is 5.89. The monoisotopic (exact) mass is 515 g/mol. The Balaban J connectivity index is 1.63. The lowest BCUT2D eigenvalue weighted by atomic mass is 10.1. The molecule has 32 heavy (non-hydrogen) atoms. The number of rotatable bonds is 10. The summed E-state index contributed by atoms with van der Waals surface area (Å²) in [6.45, 7) is 3.79. The minimum absolute atomic E-state index is 0.137. The summed E-state index contributed by atoms with van der Waals surface area (Å²) >= 11 is 24.7. The number of nitrogens with one attached hydrogen (secondary N) is 1. The number of benzene rings is 3. The van der Waals surface area contributed by atoms with Gasteiger partial charge in [-0.1, -0.05) is 58.5 Å². The van der Waals surface area contributed by atoms with E-state index in [0.717, 1.165) is 24.1 Å². The average molecular weight is 517 g/mol.